The van der Waals surface area contributed by atoms with Crippen LogP contribution in [0.25, 0.3) is 21.6 Å². The first-order valence-electron chi connectivity index (χ1n) is 10.3. The van der Waals surface area contributed by atoms with Crippen molar-refractivity contribution in [2.45, 2.75) is 40.0 Å². The predicted octanol–water partition coefficient (Wildman–Crippen LogP) is 5.38. The number of nitrogens with one attached hydrogen (secondary N) is 1. The minimum absolute atomic E-state index is 0.0624. The van der Waals surface area contributed by atoms with Crippen LogP contribution < -0.4 is 15.0 Å². The Morgan fingerprint density at radius 1 is 1.33 bits per heavy atom. The van der Waals surface area contributed by atoms with Gasteiger partial charge in [0.15, 0.2) is 11.5 Å². The standard InChI is InChI=1S/C24H28N2O3S/c1-6-11-29-17-10-7-14(12-18(17)28-5)21-25-22(27)20-16-9-8-15(24(2,3)4)13-19(16)30-23(20)26-21/h6-7,10,12,15H,1,8-9,11,13H2,2-5H3,(H,25,26,27). The maximum atomic E-state index is 13.0. The molecule has 1 aliphatic rings. The van der Waals surface area contributed by atoms with E-state index in [0.29, 0.717) is 29.8 Å². The molecule has 1 aliphatic carbocycles. The van der Waals surface area contributed by atoms with Crippen molar-refractivity contribution in [3.05, 3.63) is 51.6 Å². The molecule has 1 unspecified atom stereocenters. The number of rotatable bonds is 5. The Hall–Kier alpha value is -2.60. The van der Waals surface area contributed by atoms with Gasteiger partial charge < -0.3 is 14.5 Å². The molecule has 0 saturated heterocycles. The summed E-state index contributed by atoms with van der Waals surface area (Å²) in [5.74, 6) is 2.40. The average Bonchev–Trinajstić information content (AvgIpc) is 3.09. The van der Waals surface area contributed by atoms with E-state index in [4.69, 9.17) is 14.5 Å². The van der Waals surface area contributed by atoms with Crippen molar-refractivity contribution < 1.29 is 9.47 Å². The second-order valence-electron chi connectivity index (χ2n) is 8.87. The van der Waals surface area contributed by atoms with Gasteiger partial charge in [-0.2, -0.15) is 0 Å². The number of H-pyrrole nitrogens is 1. The molecule has 1 aromatic carbocycles. The molecule has 0 radical (unpaired) electrons. The number of aromatic amines is 1. The third-order valence-corrected chi connectivity index (χ3v) is 7.09. The first-order valence-corrected chi connectivity index (χ1v) is 11.1. The molecule has 0 fully saturated rings. The second kappa shape index (κ2) is 7.91. The molecule has 2 aromatic heterocycles. The van der Waals surface area contributed by atoms with Crippen LogP contribution in [0.4, 0.5) is 0 Å². The van der Waals surface area contributed by atoms with Crippen LogP contribution in [-0.2, 0) is 12.8 Å². The van der Waals surface area contributed by atoms with E-state index in [9.17, 15) is 4.79 Å². The number of nitrogens with zero attached hydrogens (tertiary/aromatic N) is 1. The lowest BCUT2D eigenvalue weighted by Crippen LogP contribution is -2.26. The van der Waals surface area contributed by atoms with Crippen LogP contribution in [0.15, 0.2) is 35.6 Å². The zero-order chi connectivity index (χ0) is 21.5. The number of aryl methyl sites for hydroxylation is 1. The van der Waals surface area contributed by atoms with E-state index < -0.39 is 0 Å². The third kappa shape index (κ3) is 3.76. The molecule has 30 heavy (non-hydrogen) atoms. The summed E-state index contributed by atoms with van der Waals surface area (Å²) in [4.78, 5) is 22.9. The second-order valence-corrected chi connectivity index (χ2v) is 9.95. The maximum absolute atomic E-state index is 13.0. The Balaban J connectivity index is 1.74. The highest BCUT2D eigenvalue weighted by molar-refractivity contribution is 7.18. The minimum atomic E-state index is -0.0624. The van der Waals surface area contributed by atoms with E-state index in [1.807, 2.05) is 18.2 Å². The number of hydrogen-bond donors (Lipinski definition) is 1. The summed E-state index contributed by atoms with van der Waals surface area (Å²) in [6, 6.07) is 5.55. The number of ether oxygens (including phenoxy) is 2. The van der Waals surface area contributed by atoms with E-state index in [0.717, 1.165) is 35.0 Å². The van der Waals surface area contributed by atoms with Gasteiger partial charge in [0.1, 0.15) is 17.3 Å². The van der Waals surface area contributed by atoms with Crippen LogP contribution >= 0.6 is 11.3 Å². The van der Waals surface area contributed by atoms with E-state index in [-0.39, 0.29) is 11.0 Å². The normalized spacial score (nSPS) is 16.3. The van der Waals surface area contributed by atoms with Crippen LogP contribution in [0.1, 0.15) is 37.6 Å². The number of methoxy groups -OCH3 is 1. The van der Waals surface area contributed by atoms with Crippen LogP contribution in [-0.4, -0.2) is 23.7 Å². The molecule has 0 bridgehead atoms. The third-order valence-electron chi connectivity index (χ3n) is 5.94. The molecule has 0 amide bonds. The molecule has 5 nitrogen and oxygen atoms in total. The Morgan fingerprint density at radius 2 is 2.13 bits per heavy atom. The van der Waals surface area contributed by atoms with Crippen LogP contribution in [0.2, 0.25) is 0 Å². The van der Waals surface area contributed by atoms with Crippen molar-refractivity contribution in [1.29, 1.82) is 0 Å². The fraction of sp³-hybridized carbons (Fsp3) is 0.417. The van der Waals surface area contributed by atoms with Gasteiger partial charge in [-0.3, -0.25) is 4.79 Å². The van der Waals surface area contributed by atoms with E-state index in [1.54, 1.807) is 24.5 Å². The zero-order valence-electron chi connectivity index (χ0n) is 18.0. The first-order chi connectivity index (χ1) is 14.3. The van der Waals surface area contributed by atoms with Gasteiger partial charge in [0.05, 0.1) is 12.5 Å². The van der Waals surface area contributed by atoms with Gasteiger partial charge in [-0.05, 0) is 54.4 Å². The van der Waals surface area contributed by atoms with Crippen molar-refractivity contribution >= 4 is 21.6 Å². The lowest BCUT2D eigenvalue weighted by Gasteiger charge is -2.33. The quantitative estimate of drug-likeness (QED) is 0.559. The van der Waals surface area contributed by atoms with Crippen molar-refractivity contribution in [1.82, 2.24) is 9.97 Å². The lowest BCUT2D eigenvalue weighted by molar-refractivity contribution is 0.218. The highest BCUT2D eigenvalue weighted by atomic mass is 32.1. The van der Waals surface area contributed by atoms with E-state index in [1.165, 1.54) is 10.4 Å². The molecule has 1 N–H and O–H groups in total. The SMILES string of the molecule is C=CCOc1ccc(-c2nc3sc4c(c3c(=O)[nH]2)CCC(C(C)(C)C)C4)cc1OC. The highest BCUT2D eigenvalue weighted by Crippen LogP contribution is 2.42. The molecule has 6 heteroatoms. The summed E-state index contributed by atoms with van der Waals surface area (Å²) in [6.45, 7) is 11.0. The van der Waals surface area contributed by atoms with Gasteiger partial charge in [-0.1, -0.05) is 33.4 Å². The number of thiophene rings is 1. The molecule has 0 spiro atoms. The summed E-state index contributed by atoms with van der Waals surface area (Å²) in [6.07, 6.45) is 4.78. The van der Waals surface area contributed by atoms with Gasteiger partial charge >= 0.3 is 0 Å². The Morgan fingerprint density at radius 3 is 2.83 bits per heavy atom. The smallest absolute Gasteiger partial charge is 0.260 e. The van der Waals surface area contributed by atoms with Gasteiger partial charge in [-0.15, -0.1) is 11.3 Å². The monoisotopic (exact) mass is 424 g/mol. The van der Waals surface area contributed by atoms with Gasteiger partial charge in [-0.25, -0.2) is 4.98 Å². The molecular weight excluding hydrogens is 396 g/mol. The molecule has 1 atom stereocenters. The van der Waals surface area contributed by atoms with E-state index in [2.05, 4.69) is 32.3 Å². The topological polar surface area (TPSA) is 64.2 Å². The van der Waals surface area contributed by atoms with Crippen molar-refractivity contribution in [3.8, 4) is 22.9 Å². The largest absolute Gasteiger partial charge is 0.493 e. The summed E-state index contributed by atoms with van der Waals surface area (Å²) in [7, 11) is 1.60. The molecule has 158 valence electrons. The molecule has 0 saturated carbocycles. The fourth-order valence-electron chi connectivity index (χ4n) is 4.14. The summed E-state index contributed by atoms with van der Waals surface area (Å²) in [5, 5.41) is 0.768. The summed E-state index contributed by atoms with van der Waals surface area (Å²) < 4.78 is 11.1. The van der Waals surface area contributed by atoms with Gasteiger partial charge in [0.25, 0.3) is 5.56 Å². The molecule has 4 rings (SSSR count). The Labute approximate surface area is 180 Å². The Bertz CT molecular complexity index is 1150. The minimum Gasteiger partial charge on any atom is -0.493 e. The number of aromatic nitrogens is 2. The number of benzene rings is 1. The van der Waals surface area contributed by atoms with Crippen molar-refractivity contribution in [2.75, 3.05) is 13.7 Å². The zero-order valence-corrected chi connectivity index (χ0v) is 18.8. The maximum Gasteiger partial charge on any atom is 0.260 e. The van der Waals surface area contributed by atoms with Gasteiger partial charge in [0, 0.05) is 10.4 Å². The molecular formula is C24H28N2O3S. The Kier molecular flexibility index (Phi) is 5.45. The number of hydrogen-bond acceptors (Lipinski definition) is 5. The molecule has 0 aliphatic heterocycles. The average molecular weight is 425 g/mol. The van der Waals surface area contributed by atoms with Crippen molar-refractivity contribution in [3.63, 3.8) is 0 Å². The summed E-state index contributed by atoms with van der Waals surface area (Å²) in [5.41, 5.74) is 2.19. The first kappa shape index (κ1) is 20.7. The molecule has 3 aromatic rings. The summed E-state index contributed by atoms with van der Waals surface area (Å²) >= 11 is 1.67. The van der Waals surface area contributed by atoms with Crippen molar-refractivity contribution in [2.24, 2.45) is 11.3 Å². The lowest BCUT2D eigenvalue weighted by atomic mass is 9.72. The van der Waals surface area contributed by atoms with Crippen LogP contribution in [0.3, 0.4) is 0 Å². The van der Waals surface area contributed by atoms with Crippen LogP contribution in [0, 0.1) is 11.3 Å². The number of fused-ring (bicyclic) bond motifs is 3. The fourth-order valence-corrected chi connectivity index (χ4v) is 5.44. The predicted molar refractivity (Wildman–Crippen MR) is 123 cm³/mol. The van der Waals surface area contributed by atoms with Gasteiger partial charge in [0.2, 0.25) is 0 Å². The highest BCUT2D eigenvalue weighted by Gasteiger charge is 2.31. The molecule has 2 heterocycles. The van der Waals surface area contributed by atoms with Crippen LogP contribution in [0.5, 0.6) is 11.5 Å². The van der Waals surface area contributed by atoms with E-state index >= 15 is 0 Å².